The van der Waals surface area contributed by atoms with Crippen molar-refractivity contribution >= 4 is 11.6 Å². The molecule has 1 aliphatic rings. The van der Waals surface area contributed by atoms with E-state index in [1.807, 2.05) is 0 Å². The molecule has 0 radical (unpaired) electrons. The quantitative estimate of drug-likeness (QED) is 0.766. The Morgan fingerprint density at radius 1 is 1.35 bits per heavy atom. The molecule has 0 aromatic carbocycles. The third kappa shape index (κ3) is 3.71. The lowest BCUT2D eigenvalue weighted by molar-refractivity contribution is 0.0944. The van der Waals surface area contributed by atoms with E-state index in [1.165, 1.54) is 25.7 Å². The second kappa shape index (κ2) is 6.73. The molecule has 0 saturated heterocycles. The molecule has 0 atom stereocenters. The van der Waals surface area contributed by atoms with Crippen LogP contribution >= 0.6 is 0 Å². The van der Waals surface area contributed by atoms with Gasteiger partial charge in [0, 0.05) is 19.3 Å². The third-order valence-electron chi connectivity index (χ3n) is 3.99. The molecule has 1 amide bonds. The van der Waals surface area contributed by atoms with Gasteiger partial charge in [-0.05, 0) is 37.2 Å². The van der Waals surface area contributed by atoms with Crippen molar-refractivity contribution in [2.24, 2.45) is 5.41 Å². The Morgan fingerprint density at radius 2 is 2.15 bits per heavy atom. The summed E-state index contributed by atoms with van der Waals surface area (Å²) >= 11 is 0. The molecule has 20 heavy (non-hydrogen) atoms. The van der Waals surface area contributed by atoms with Gasteiger partial charge in [-0.25, -0.2) is 0 Å². The highest BCUT2D eigenvalue weighted by Crippen LogP contribution is 2.48. The van der Waals surface area contributed by atoms with E-state index in [0.717, 1.165) is 25.2 Å². The highest BCUT2D eigenvalue weighted by Gasteiger charge is 2.41. The fraction of sp³-hybridized carbons (Fsp3) is 0.625. The van der Waals surface area contributed by atoms with Crippen molar-refractivity contribution in [2.75, 3.05) is 18.4 Å². The van der Waals surface area contributed by atoms with Crippen molar-refractivity contribution in [2.45, 2.75) is 46.0 Å². The third-order valence-corrected chi connectivity index (χ3v) is 3.99. The molecule has 0 aliphatic heterocycles. The molecule has 110 valence electrons. The van der Waals surface area contributed by atoms with E-state index in [1.54, 1.807) is 18.5 Å². The molecule has 2 rings (SSSR count). The molecule has 0 unspecified atom stereocenters. The normalized spacial score (nSPS) is 15.7. The number of amides is 1. The zero-order valence-corrected chi connectivity index (χ0v) is 12.5. The minimum absolute atomic E-state index is 0.00776. The van der Waals surface area contributed by atoms with Crippen LogP contribution in [0.15, 0.2) is 18.5 Å². The van der Waals surface area contributed by atoms with Crippen LogP contribution in [-0.4, -0.2) is 24.0 Å². The van der Waals surface area contributed by atoms with Crippen molar-refractivity contribution in [3.63, 3.8) is 0 Å². The van der Waals surface area contributed by atoms with Crippen LogP contribution in [0, 0.1) is 5.41 Å². The number of aromatic nitrogens is 1. The van der Waals surface area contributed by atoms with Crippen LogP contribution in [0.2, 0.25) is 0 Å². The fourth-order valence-electron chi connectivity index (χ4n) is 2.58. The van der Waals surface area contributed by atoms with E-state index in [-0.39, 0.29) is 5.91 Å². The number of nitrogens with zero attached hydrogens (tertiary/aromatic N) is 1. The lowest BCUT2D eigenvalue weighted by Crippen LogP contribution is -2.30. The highest BCUT2D eigenvalue weighted by molar-refractivity contribution is 5.99. The summed E-state index contributed by atoms with van der Waals surface area (Å²) in [4.78, 5) is 16.4. The van der Waals surface area contributed by atoms with Gasteiger partial charge in [0.2, 0.25) is 0 Å². The van der Waals surface area contributed by atoms with E-state index < -0.39 is 0 Å². The van der Waals surface area contributed by atoms with Crippen molar-refractivity contribution in [1.82, 2.24) is 10.3 Å². The smallest absolute Gasteiger partial charge is 0.253 e. The minimum Gasteiger partial charge on any atom is -0.383 e. The minimum atomic E-state index is 0.00776. The van der Waals surface area contributed by atoms with Crippen molar-refractivity contribution < 1.29 is 4.79 Å². The molecule has 1 heterocycles. The Labute approximate surface area is 121 Å². The summed E-state index contributed by atoms with van der Waals surface area (Å²) < 4.78 is 0. The summed E-state index contributed by atoms with van der Waals surface area (Å²) in [6, 6.07) is 1.78. The van der Waals surface area contributed by atoms with E-state index in [9.17, 15) is 4.79 Å². The maximum atomic E-state index is 12.3. The van der Waals surface area contributed by atoms with E-state index in [4.69, 9.17) is 0 Å². The van der Waals surface area contributed by atoms with Gasteiger partial charge in [-0.1, -0.05) is 20.3 Å². The number of anilines is 1. The van der Waals surface area contributed by atoms with E-state index in [2.05, 4.69) is 29.5 Å². The summed E-state index contributed by atoms with van der Waals surface area (Å²) in [5, 5.41) is 6.36. The summed E-state index contributed by atoms with van der Waals surface area (Å²) in [5.74, 6) is 0.00776. The Hall–Kier alpha value is -1.58. The number of nitrogens with one attached hydrogen (secondary N) is 2. The molecule has 1 aromatic heterocycles. The molecule has 1 saturated carbocycles. The van der Waals surface area contributed by atoms with Crippen LogP contribution < -0.4 is 10.6 Å². The predicted molar refractivity (Wildman–Crippen MR) is 81.9 cm³/mol. The average Bonchev–Trinajstić information content (AvgIpc) is 3.23. The highest BCUT2D eigenvalue weighted by atomic mass is 16.1. The van der Waals surface area contributed by atoms with Crippen LogP contribution in [-0.2, 0) is 0 Å². The molecule has 0 bridgehead atoms. The number of carbonyl (C=O) groups is 1. The topological polar surface area (TPSA) is 54.0 Å². The van der Waals surface area contributed by atoms with Crippen LogP contribution in [0.1, 0.15) is 56.3 Å². The first-order chi connectivity index (χ1) is 9.71. The van der Waals surface area contributed by atoms with Gasteiger partial charge in [-0.3, -0.25) is 9.78 Å². The van der Waals surface area contributed by atoms with E-state index >= 15 is 0 Å². The molecule has 1 fully saturated rings. The zero-order valence-electron chi connectivity index (χ0n) is 12.5. The largest absolute Gasteiger partial charge is 0.383 e. The van der Waals surface area contributed by atoms with Gasteiger partial charge in [-0.15, -0.1) is 0 Å². The lowest BCUT2D eigenvalue weighted by atomic mass is 10.0. The van der Waals surface area contributed by atoms with Crippen molar-refractivity contribution in [1.29, 1.82) is 0 Å². The van der Waals surface area contributed by atoms with Crippen molar-refractivity contribution in [3.05, 3.63) is 24.0 Å². The molecule has 0 spiro atoms. The first kappa shape index (κ1) is 14.8. The summed E-state index contributed by atoms with van der Waals surface area (Å²) in [6.45, 7) is 5.96. The molecular weight excluding hydrogens is 250 g/mol. The average molecular weight is 275 g/mol. The number of pyridine rings is 1. The van der Waals surface area contributed by atoms with Crippen LogP contribution in [0.3, 0.4) is 0 Å². The predicted octanol–water partition coefficient (Wildman–Crippen LogP) is 3.21. The molecule has 1 aromatic rings. The maximum absolute atomic E-state index is 12.3. The van der Waals surface area contributed by atoms with Gasteiger partial charge in [0.05, 0.1) is 17.4 Å². The first-order valence-corrected chi connectivity index (χ1v) is 7.67. The molecular formula is C16H25N3O. The van der Waals surface area contributed by atoms with Crippen LogP contribution in [0.4, 0.5) is 5.69 Å². The number of hydrogen-bond donors (Lipinski definition) is 2. The first-order valence-electron chi connectivity index (χ1n) is 7.67. The molecule has 4 nitrogen and oxygen atoms in total. The van der Waals surface area contributed by atoms with Gasteiger partial charge < -0.3 is 10.6 Å². The second-order valence-corrected chi connectivity index (χ2v) is 5.78. The van der Waals surface area contributed by atoms with Gasteiger partial charge in [-0.2, -0.15) is 0 Å². The van der Waals surface area contributed by atoms with Crippen LogP contribution in [0.5, 0.6) is 0 Å². The molecule has 2 N–H and O–H groups in total. The Morgan fingerprint density at radius 3 is 2.80 bits per heavy atom. The SMILES string of the molecule is CCCNc1cnccc1C(=O)NCC1(CCC)CC1. The number of hydrogen-bond acceptors (Lipinski definition) is 3. The van der Waals surface area contributed by atoms with Crippen molar-refractivity contribution in [3.8, 4) is 0 Å². The van der Waals surface area contributed by atoms with Gasteiger partial charge in [0.15, 0.2) is 0 Å². The number of carbonyl (C=O) groups excluding carboxylic acids is 1. The second-order valence-electron chi connectivity index (χ2n) is 5.78. The Bertz CT molecular complexity index is 455. The van der Waals surface area contributed by atoms with Gasteiger partial charge >= 0.3 is 0 Å². The molecule has 1 aliphatic carbocycles. The summed E-state index contributed by atoms with van der Waals surface area (Å²) in [5.41, 5.74) is 1.90. The Balaban J connectivity index is 1.95. The fourth-order valence-corrected chi connectivity index (χ4v) is 2.58. The van der Waals surface area contributed by atoms with Gasteiger partial charge in [0.1, 0.15) is 0 Å². The monoisotopic (exact) mass is 275 g/mol. The zero-order chi connectivity index (χ0) is 14.4. The summed E-state index contributed by atoms with van der Waals surface area (Å²) in [7, 11) is 0. The molecule has 4 heteroatoms. The summed E-state index contributed by atoms with van der Waals surface area (Å²) in [6.07, 6.45) is 9.32. The lowest BCUT2D eigenvalue weighted by Gasteiger charge is -2.16. The van der Waals surface area contributed by atoms with Crippen LogP contribution in [0.25, 0.3) is 0 Å². The standard InChI is InChI=1S/C16H25N3O/c1-3-6-16(7-8-16)12-19-15(20)13-5-10-17-11-14(13)18-9-4-2/h5,10-11,18H,3-4,6-9,12H2,1-2H3,(H,19,20). The Kier molecular flexibility index (Phi) is 4.99. The van der Waals surface area contributed by atoms with E-state index in [0.29, 0.717) is 11.0 Å². The maximum Gasteiger partial charge on any atom is 0.253 e. The van der Waals surface area contributed by atoms with Gasteiger partial charge in [0.25, 0.3) is 5.91 Å². The number of rotatable bonds is 8.